The molecule has 1 aliphatic heterocycles. The average molecular weight is 528 g/mol. The predicted octanol–water partition coefficient (Wildman–Crippen LogP) is 2.62. The number of carbonyl (C=O) groups is 1. The number of halogens is 1. The summed E-state index contributed by atoms with van der Waals surface area (Å²) < 4.78 is 0. The van der Waals surface area contributed by atoms with Crippen LogP contribution < -0.4 is 10.6 Å². The highest BCUT2D eigenvalue weighted by atomic mass is 127. The lowest BCUT2D eigenvalue weighted by atomic mass is 9.95. The van der Waals surface area contributed by atoms with Crippen molar-refractivity contribution in [3.05, 3.63) is 30.1 Å². The van der Waals surface area contributed by atoms with Gasteiger partial charge in [-0.15, -0.1) is 24.0 Å². The number of hydrogen-bond acceptors (Lipinski definition) is 4. The van der Waals surface area contributed by atoms with Gasteiger partial charge in [0.25, 0.3) is 0 Å². The number of piperidine rings is 1. The van der Waals surface area contributed by atoms with Crippen LogP contribution in [-0.2, 0) is 11.3 Å². The van der Waals surface area contributed by atoms with Crippen molar-refractivity contribution in [1.29, 1.82) is 0 Å². The minimum Gasteiger partial charge on any atom is -0.354 e. The summed E-state index contributed by atoms with van der Waals surface area (Å²) in [4.78, 5) is 25.1. The summed E-state index contributed by atoms with van der Waals surface area (Å²) >= 11 is 0. The molecule has 0 bridgehead atoms. The lowest BCUT2D eigenvalue weighted by molar-refractivity contribution is -0.127. The third-order valence-electron chi connectivity index (χ3n) is 5.86. The third kappa shape index (κ3) is 8.37. The van der Waals surface area contributed by atoms with Crippen LogP contribution in [0.4, 0.5) is 0 Å². The van der Waals surface area contributed by atoms with Gasteiger partial charge >= 0.3 is 0 Å². The molecule has 2 heterocycles. The molecular formula is C22H37IN6O. The number of hydrogen-bond donors (Lipinski definition) is 2. The largest absolute Gasteiger partial charge is 0.354 e. The maximum Gasteiger partial charge on any atom is 0.243 e. The Balaban J connectivity index is 0.00000320. The molecule has 0 atom stereocenters. The molecule has 168 valence electrons. The van der Waals surface area contributed by atoms with Gasteiger partial charge < -0.3 is 15.5 Å². The van der Waals surface area contributed by atoms with E-state index in [1.807, 2.05) is 18.3 Å². The van der Waals surface area contributed by atoms with Crippen molar-refractivity contribution in [3.8, 4) is 0 Å². The van der Waals surface area contributed by atoms with E-state index in [1.54, 1.807) is 19.0 Å². The Morgan fingerprint density at radius 1 is 1.10 bits per heavy atom. The SMILES string of the molecule is CN(C)C(=O)CN=C(NC1CCCCC1)NC1CCN(Cc2ccccn2)CC1.I. The first kappa shape index (κ1) is 24.8. The van der Waals surface area contributed by atoms with Crippen LogP contribution in [0.1, 0.15) is 50.6 Å². The van der Waals surface area contributed by atoms with E-state index in [4.69, 9.17) is 0 Å². The second kappa shape index (κ2) is 13.1. The summed E-state index contributed by atoms with van der Waals surface area (Å²) in [6, 6.07) is 6.95. The Morgan fingerprint density at radius 2 is 1.77 bits per heavy atom. The lowest BCUT2D eigenvalue weighted by Crippen LogP contribution is -2.51. The van der Waals surface area contributed by atoms with Crippen LogP contribution in [-0.4, -0.2) is 72.5 Å². The van der Waals surface area contributed by atoms with Gasteiger partial charge in [-0.3, -0.25) is 14.7 Å². The summed E-state index contributed by atoms with van der Waals surface area (Å²) in [5.74, 6) is 0.829. The van der Waals surface area contributed by atoms with Gasteiger partial charge in [-0.1, -0.05) is 25.3 Å². The Bertz CT molecular complexity index is 655. The molecule has 2 aliphatic rings. The van der Waals surface area contributed by atoms with Crippen LogP contribution in [0.15, 0.2) is 29.4 Å². The number of pyridine rings is 1. The van der Waals surface area contributed by atoms with E-state index in [1.165, 1.54) is 32.1 Å². The lowest BCUT2D eigenvalue weighted by Gasteiger charge is -2.34. The Morgan fingerprint density at radius 3 is 2.37 bits per heavy atom. The minimum atomic E-state index is 0. The molecule has 1 aromatic heterocycles. The van der Waals surface area contributed by atoms with E-state index in [0.29, 0.717) is 12.1 Å². The molecule has 0 spiro atoms. The monoisotopic (exact) mass is 528 g/mol. The van der Waals surface area contributed by atoms with Gasteiger partial charge in [-0.2, -0.15) is 0 Å². The molecule has 7 nitrogen and oxygen atoms in total. The summed E-state index contributed by atoms with van der Waals surface area (Å²) in [6.07, 6.45) is 10.2. The number of aliphatic imine (C=N–C) groups is 1. The highest BCUT2D eigenvalue weighted by molar-refractivity contribution is 14.0. The highest BCUT2D eigenvalue weighted by Gasteiger charge is 2.22. The number of nitrogens with zero attached hydrogens (tertiary/aromatic N) is 4. The van der Waals surface area contributed by atoms with Crippen molar-refractivity contribution in [2.45, 2.75) is 63.6 Å². The molecule has 2 fully saturated rings. The summed E-state index contributed by atoms with van der Waals surface area (Å²) in [5, 5.41) is 7.20. The zero-order valence-electron chi connectivity index (χ0n) is 18.3. The van der Waals surface area contributed by atoms with Crippen molar-refractivity contribution in [2.75, 3.05) is 33.7 Å². The molecule has 1 amide bonds. The Hall–Kier alpha value is -1.42. The minimum absolute atomic E-state index is 0. The van der Waals surface area contributed by atoms with Gasteiger partial charge in [0, 0.05) is 52.0 Å². The zero-order chi connectivity index (χ0) is 20.5. The molecule has 1 saturated carbocycles. The van der Waals surface area contributed by atoms with Crippen molar-refractivity contribution in [3.63, 3.8) is 0 Å². The van der Waals surface area contributed by atoms with Gasteiger partial charge in [-0.25, -0.2) is 4.99 Å². The number of likely N-dealkylation sites (N-methyl/N-ethyl adjacent to an activating group) is 1. The van der Waals surface area contributed by atoms with Gasteiger partial charge in [0.2, 0.25) is 5.91 Å². The summed E-state index contributed by atoms with van der Waals surface area (Å²) in [6.45, 7) is 3.18. The van der Waals surface area contributed by atoms with Crippen LogP contribution in [0.25, 0.3) is 0 Å². The van der Waals surface area contributed by atoms with E-state index in [2.05, 4.69) is 31.6 Å². The number of likely N-dealkylation sites (tertiary alicyclic amines) is 1. The maximum atomic E-state index is 12.0. The van der Waals surface area contributed by atoms with E-state index >= 15 is 0 Å². The Kier molecular flexibility index (Phi) is 10.8. The highest BCUT2D eigenvalue weighted by Crippen LogP contribution is 2.18. The van der Waals surface area contributed by atoms with Gasteiger partial charge in [0.1, 0.15) is 6.54 Å². The summed E-state index contributed by atoms with van der Waals surface area (Å²) in [5.41, 5.74) is 1.13. The van der Waals surface area contributed by atoms with E-state index in [9.17, 15) is 4.79 Å². The molecule has 1 aromatic rings. The number of aromatic nitrogens is 1. The zero-order valence-corrected chi connectivity index (χ0v) is 20.7. The molecule has 1 saturated heterocycles. The predicted molar refractivity (Wildman–Crippen MR) is 132 cm³/mol. The molecule has 0 aromatic carbocycles. The second-order valence-electron chi connectivity index (χ2n) is 8.45. The maximum absolute atomic E-state index is 12.0. The molecule has 8 heteroatoms. The standard InChI is InChI=1S/C22H36N6O.HI/c1-27(2)21(29)16-24-22(25-18-8-4-3-5-9-18)26-19-11-14-28(15-12-19)17-20-10-6-7-13-23-20;/h6-7,10,13,18-19H,3-5,8-9,11-12,14-17H2,1-2H3,(H2,24,25,26);1H. The Labute approximate surface area is 198 Å². The quantitative estimate of drug-likeness (QED) is 0.338. The molecular weight excluding hydrogens is 491 g/mol. The van der Waals surface area contributed by atoms with Gasteiger partial charge in [-0.05, 0) is 37.8 Å². The fourth-order valence-electron chi connectivity index (χ4n) is 4.01. The number of rotatable bonds is 6. The fraction of sp³-hybridized carbons (Fsp3) is 0.682. The molecule has 30 heavy (non-hydrogen) atoms. The smallest absolute Gasteiger partial charge is 0.243 e. The van der Waals surface area contributed by atoms with E-state index in [0.717, 1.165) is 44.1 Å². The number of amides is 1. The second-order valence-corrected chi connectivity index (χ2v) is 8.45. The van der Waals surface area contributed by atoms with Crippen LogP contribution >= 0.6 is 24.0 Å². The first-order chi connectivity index (χ1) is 14.1. The molecule has 2 N–H and O–H groups in total. The van der Waals surface area contributed by atoms with Crippen molar-refractivity contribution in [1.82, 2.24) is 25.4 Å². The van der Waals surface area contributed by atoms with Crippen LogP contribution in [0, 0.1) is 0 Å². The van der Waals surface area contributed by atoms with E-state index < -0.39 is 0 Å². The van der Waals surface area contributed by atoms with Crippen LogP contribution in [0.2, 0.25) is 0 Å². The number of guanidine groups is 1. The number of carbonyl (C=O) groups excluding carboxylic acids is 1. The van der Waals surface area contributed by atoms with E-state index in [-0.39, 0.29) is 36.4 Å². The molecule has 1 aliphatic carbocycles. The summed E-state index contributed by atoms with van der Waals surface area (Å²) in [7, 11) is 3.55. The van der Waals surface area contributed by atoms with Crippen molar-refractivity contribution < 1.29 is 4.79 Å². The average Bonchev–Trinajstić information content (AvgIpc) is 2.74. The van der Waals surface area contributed by atoms with Crippen LogP contribution in [0.3, 0.4) is 0 Å². The molecule has 3 rings (SSSR count). The number of nitrogens with one attached hydrogen (secondary N) is 2. The van der Waals surface area contributed by atoms with Crippen molar-refractivity contribution in [2.24, 2.45) is 4.99 Å². The van der Waals surface area contributed by atoms with Gasteiger partial charge in [0.05, 0.1) is 5.69 Å². The van der Waals surface area contributed by atoms with Crippen LogP contribution in [0.5, 0.6) is 0 Å². The van der Waals surface area contributed by atoms with Crippen molar-refractivity contribution >= 4 is 35.8 Å². The third-order valence-corrected chi connectivity index (χ3v) is 5.86. The fourth-order valence-corrected chi connectivity index (χ4v) is 4.01. The normalized spacial score (nSPS) is 19.1. The topological polar surface area (TPSA) is 72.9 Å². The molecule has 0 unspecified atom stereocenters. The molecule has 0 radical (unpaired) electrons. The first-order valence-corrected chi connectivity index (χ1v) is 11.0. The van der Waals surface area contributed by atoms with Gasteiger partial charge in [0.15, 0.2) is 5.96 Å². The first-order valence-electron chi connectivity index (χ1n) is 11.0.